The Labute approximate surface area is 65.1 Å². The second-order valence-corrected chi connectivity index (χ2v) is 2.18. The largest absolute Gasteiger partial charge is 0.465 e. The first-order valence-corrected chi connectivity index (χ1v) is 3.43. The normalized spacial score (nSPS) is 14.0. The summed E-state index contributed by atoms with van der Waals surface area (Å²) in [6.07, 6.45) is 4.28. The lowest BCUT2D eigenvalue weighted by Crippen LogP contribution is -2.16. The van der Waals surface area contributed by atoms with Crippen LogP contribution in [0.1, 0.15) is 5.76 Å². The van der Waals surface area contributed by atoms with Crippen molar-refractivity contribution in [3.05, 3.63) is 30.2 Å². The summed E-state index contributed by atoms with van der Waals surface area (Å²) in [6, 6.07) is 3.59. The Balaban J connectivity index is 2.48. The predicted octanol–water partition coefficient (Wildman–Crippen LogP) is 0.612. The first-order chi connectivity index (χ1) is 5.33. The van der Waals surface area contributed by atoms with Crippen molar-refractivity contribution in [3.63, 3.8) is 0 Å². The first kappa shape index (κ1) is 8.04. The zero-order valence-electron chi connectivity index (χ0n) is 6.10. The molecule has 0 saturated heterocycles. The smallest absolute Gasteiger partial charge is 0.126 e. The van der Waals surface area contributed by atoms with Crippen LogP contribution in [0.3, 0.4) is 0 Å². The topological polar surface area (TPSA) is 59.4 Å². The summed E-state index contributed by atoms with van der Waals surface area (Å²) < 4.78 is 4.99. The van der Waals surface area contributed by atoms with Crippen LogP contribution in [0, 0.1) is 0 Å². The van der Waals surface area contributed by atoms with Gasteiger partial charge in [-0.25, -0.2) is 0 Å². The van der Waals surface area contributed by atoms with Crippen LogP contribution in [0.15, 0.2) is 28.9 Å². The Morgan fingerprint density at radius 3 is 3.09 bits per heavy atom. The summed E-state index contributed by atoms with van der Waals surface area (Å²) in [5.74, 6) is 0.720. The van der Waals surface area contributed by atoms with Gasteiger partial charge >= 0.3 is 0 Å². The van der Waals surface area contributed by atoms with Gasteiger partial charge in [0.15, 0.2) is 0 Å². The Hall–Kier alpha value is -1.06. The Bertz CT molecular complexity index is 216. The average molecular weight is 153 g/mol. The Kier molecular flexibility index (Phi) is 2.89. The molecule has 0 radical (unpaired) electrons. The molecule has 1 atom stereocenters. The van der Waals surface area contributed by atoms with Crippen molar-refractivity contribution in [1.82, 2.24) is 0 Å². The van der Waals surface area contributed by atoms with E-state index in [9.17, 15) is 0 Å². The molecule has 0 bridgehead atoms. The molecule has 0 aliphatic heterocycles. The maximum atomic E-state index is 9.00. The van der Waals surface area contributed by atoms with Crippen molar-refractivity contribution < 1.29 is 9.52 Å². The Morgan fingerprint density at radius 1 is 1.73 bits per heavy atom. The third-order valence-electron chi connectivity index (χ3n) is 1.27. The van der Waals surface area contributed by atoms with Crippen molar-refractivity contribution in [2.75, 3.05) is 6.54 Å². The van der Waals surface area contributed by atoms with Gasteiger partial charge in [0.1, 0.15) is 5.76 Å². The van der Waals surface area contributed by atoms with Crippen molar-refractivity contribution in [2.24, 2.45) is 5.73 Å². The maximum Gasteiger partial charge on any atom is 0.126 e. The van der Waals surface area contributed by atoms with Gasteiger partial charge in [0.25, 0.3) is 0 Å². The van der Waals surface area contributed by atoms with Gasteiger partial charge in [-0.2, -0.15) is 0 Å². The zero-order chi connectivity index (χ0) is 8.10. The molecule has 3 heteroatoms. The highest BCUT2D eigenvalue weighted by atomic mass is 16.3. The van der Waals surface area contributed by atoms with Gasteiger partial charge in [-0.3, -0.25) is 0 Å². The molecule has 1 rings (SSSR count). The molecule has 3 N–H and O–H groups in total. The van der Waals surface area contributed by atoms with Crippen LogP contribution in [0.2, 0.25) is 0 Å². The summed E-state index contributed by atoms with van der Waals surface area (Å²) in [6.45, 7) is 0.233. The highest BCUT2D eigenvalue weighted by Crippen LogP contribution is 2.02. The van der Waals surface area contributed by atoms with Crippen molar-refractivity contribution >= 4 is 6.08 Å². The van der Waals surface area contributed by atoms with E-state index in [1.54, 1.807) is 30.5 Å². The van der Waals surface area contributed by atoms with Crippen molar-refractivity contribution in [3.8, 4) is 0 Å². The molecule has 1 unspecified atom stereocenters. The minimum atomic E-state index is -0.583. The minimum Gasteiger partial charge on any atom is -0.465 e. The summed E-state index contributed by atoms with van der Waals surface area (Å²) in [7, 11) is 0. The van der Waals surface area contributed by atoms with E-state index in [-0.39, 0.29) is 6.54 Å². The first-order valence-electron chi connectivity index (χ1n) is 3.43. The fraction of sp³-hybridized carbons (Fsp3) is 0.250. The molecule has 0 aliphatic carbocycles. The van der Waals surface area contributed by atoms with Gasteiger partial charge in [0, 0.05) is 6.54 Å². The van der Waals surface area contributed by atoms with E-state index < -0.39 is 6.10 Å². The summed E-state index contributed by atoms with van der Waals surface area (Å²) in [5.41, 5.74) is 5.18. The molecule has 60 valence electrons. The monoisotopic (exact) mass is 153 g/mol. The number of aliphatic hydroxyl groups excluding tert-OH is 1. The molecule has 1 aromatic heterocycles. The molecule has 3 nitrogen and oxygen atoms in total. The van der Waals surface area contributed by atoms with Crippen LogP contribution in [-0.4, -0.2) is 17.8 Å². The molecule has 11 heavy (non-hydrogen) atoms. The van der Waals surface area contributed by atoms with Crippen LogP contribution in [0.5, 0.6) is 0 Å². The standard InChI is InChI=1S/C8H11NO2/c9-6-7(10)3-4-8-2-1-5-11-8/h1-5,7,10H,6,9H2/b4-3+. The molecule has 0 aliphatic rings. The molecule has 0 fully saturated rings. The molecular weight excluding hydrogens is 142 g/mol. The number of hydrogen-bond donors (Lipinski definition) is 2. The number of hydrogen-bond acceptors (Lipinski definition) is 3. The van der Waals surface area contributed by atoms with E-state index in [0.29, 0.717) is 0 Å². The highest BCUT2D eigenvalue weighted by Gasteiger charge is 1.93. The lowest BCUT2D eigenvalue weighted by Gasteiger charge is -1.96. The summed E-state index contributed by atoms with van der Waals surface area (Å²) in [5, 5.41) is 9.00. The lowest BCUT2D eigenvalue weighted by molar-refractivity contribution is 0.232. The fourth-order valence-electron chi connectivity index (χ4n) is 0.671. The van der Waals surface area contributed by atoms with E-state index >= 15 is 0 Å². The number of furan rings is 1. The Morgan fingerprint density at radius 2 is 2.55 bits per heavy atom. The molecular formula is C8H11NO2. The SMILES string of the molecule is NCC(O)/C=C/c1ccco1. The predicted molar refractivity (Wildman–Crippen MR) is 42.8 cm³/mol. The van der Waals surface area contributed by atoms with E-state index in [2.05, 4.69) is 0 Å². The van der Waals surface area contributed by atoms with Gasteiger partial charge in [0.05, 0.1) is 12.4 Å². The lowest BCUT2D eigenvalue weighted by atomic mass is 10.3. The van der Waals surface area contributed by atoms with Gasteiger partial charge in [-0.05, 0) is 18.2 Å². The second-order valence-electron chi connectivity index (χ2n) is 2.18. The van der Waals surface area contributed by atoms with Crippen molar-refractivity contribution in [1.29, 1.82) is 0 Å². The van der Waals surface area contributed by atoms with Gasteiger partial charge in [-0.15, -0.1) is 0 Å². The van der Waals surface area contributed by atoms with Crippen LogP contribution in [-0.2, 0) is 0 Å². The quantitative estimate of drug-likeness (QED) is 0.669. The fourth-order valence-corrected chi connectivity index (χ4v) is 0.671. The zero-order valence-corrected chi connectivity index (χ0v) is 6.10. The third kappa shape index (κ3) is 2.57. The number of rotatable bonds is 3. The van der Waals surface area contributed by atoms with Crippen LogP contribution in [0.25, 0.3) is 6.08 Å². The van der Waals surface area contributed by atoms with Gasteiger partial charge in [-0.1, -0.05) is 6.08 Å². The van der Waals surface area contributed by atoms with E-state index in [1.807, 2.05) is 0 Å². The summed E-state index contributed by atoms with van der Waals surface area (Å²) in [4.78, 5) is 0. The molecule has 1 heterocycles. The molecule has 1 aromatic rings. The van der Waals surface area contributed by atoms with E-state index in [0.717, 1.165) is 5.76 Å². The number of aliphatic hydroxyl groups is 1. The summed E-state index contributed by atoms with van der Waals surface area (Å²) >= 11 is 0. The van der Waals surface area contributed by atoms with E-state index in [1.165, 1.54) is 0 Å². The van der Waals surface area contributed by atoms with Crippen LogP contribution < -0.4 is 5.73 Å². The second kappa shape index (κ2) is 3.95. The van der Waals surface area contributed by atoms with Crippen LogP contribution >= 0.6 is 0 Å². The molecule has 0 saturated carbocycles. The third-order valence-corrected chi connectivity index (χ3v) is 1.27. The van der Waals surface area contributed by atoms with Gasteiger partial charge < -0.3 is 15.3 Å². The molecule has 0 amide bonds. The van der Waals surface area contributed by atoms with Crippen molar-refractivity contribution in [2.45, 2.75) is 6.10 Å². The number of nitrogens with two attached hydrogens (primary N) is 1. The van der Waals surface area contributed by atoms with Crippen LogP contribution in [0.4, 0.5) is 0 Å². The maximum absolute atomic E-state index is 9.00. The average Bonchev–Trinajstić information content (AvgIpc) is 2.52. The minimum absolute atomic E-state index is 0.233. The highest BCUT2D eigenvalue weighted by molar-refractivity contribution is 5.42. The van der Waals surface area contributed by atoms with Gasteiger partial charge in [0.2, 0.25) is 0 Å². The molecule has 0 spiro atoms. The molecule has 0 aromatic carbocycles. The van der Waals surface area contributed by atoms with E-state index in [4.69, 9.17) is 15.3 Å².